The van der Waals surface area contributed by atoms with Gasteiger partial charge < -0.3 is 14.6 Å². The van der Waals surface area contributed by atoms with Gasteiger partial charge in [-0.2, -0.15) is 13.2 Å². The van der Waals surface area contributed by atoms with Gasteiger partial charge in [-0.3, -0.25) is 34.8 Å². The predicted molar refractivity (Wildman–Crippen MR) is 211 cm³/mol. The van der Waals surface area contributed by atoms with Crippen LogP contribution in [0.25, 0.3) is 11.0 Å². The number of imide groups is 1. The van der Waals surface area contributed by atoms with Crippen LogP contribution in [-0.2, 0) is 22.3 Å². The monoisotopic (exact) mass is 785 g/mol. The predicted octanol–water partition coefficient (Wildman–Crippen LogP) is 6.34. The average Bonchev–Trinajstić information content (AvgIpc) is 3.58. The average molecular weight is 786 g/mol. The lowest BCUT2D eigenvalue weighted by Crippen LogP contribution is -2.53. The molecule has 1 unspecified atom stereocenters. The van der Waals surface area contributed by atoms with E-state index in [0.717, 1.165) is 113 Å². The molecule has 3 amide bonds. The van der Waals surface area contributed by atoms with E-state index in [0.29, 0.717) is 30.3 Å². The van der Waals surface area contributed by atoms with Crippen molar-refractivity contribution in [2.45, 2.75) is 82.1 Å². The van der Waals surface area contributed by atoms with Gasteiger partial charge in [-0.05, 0) is 111 Å². The number of aliphatic hydroxyl groups excluding tert-OH is 1. The summed E-state index contributed by atoms with van der Waals surface area (Å²) >= 11 is 0. The Balaban J connectivity index is 0.899. The van der Waals surface area contributed by atoms with Crippen LogP contribution in [0, 0.1) is 5.92 Å². The van der Waals surface area contributed by atoms with Crippen molar-refractivity contribution in [2.24, 2.45) is 5.92 Å². The normalized spacial score (nSPS) is 23.2. The number of carbonyl (C=O) groups excluding carboxylic acids is 3. The summed E-state index contributed by atoms with van der Waals surface area (Å²) in [7, 11) is 0. The lowest BCUT2D eigenvalue weighted by molar-refractivity contribution is -0.138. The molecule has 4 aliphatic rings. The summed E-state index contributed by atoms with van der Waals surface area (Å²) in [5.41, 5.74) is 3.81. The Morgan fingerprint density at radius 1 is 0.842 bits per heavy atom. The molecular weight excluding hydrogens is 736 g/mol. The maximum atomic E-state index is 13.4. The quantitative estimate of drug-likeness (QED) is 0.168. The Morgan fingerprint density at radius 3 is 2.32 bits per heavy atom. The van der Waals surface area contributed by atoms with Crippen LogP contribution in [-0.4, -0.2) is 94.1 Å². The zero-order valence-electron chi connectivity index (χ0n) is 32.0. The lowest BCUT2D eigenvalue weighted by Gasteiger charge is -2.43. The fourth-order valence-electron chi connectivity index (χ4n) is 9.30. The molecule has 4 aromatic rings. The van der Waals surface area contributed by atoms with E-state index in [1.54, 1.807) is 0 Å². The van der Waals surface area contributed by atoms with Crippen molar-refractivity contribution in [1.82, 2.24) is 24.7 Å². The van der Waals surface area contributed by atoms with E-state index in [4.69, 9.17) is 4.98 Å². The van der Waals surface area contributed by atoms with Gasteiger partial charge in [0.15, 0.2) is 0 Å². The molecule has 0 radical (unpaired) electrons. The third-order valence-corrected chi connectivity index (χ3v) is 12.5. The molecule has 4 fully saturated rings. The Bertz CT molecular complexity index is 2100. The number of fused-ring (bicyclic) bond motifs is 1. The van der Waals surface area contributed by atoms with Crippen molar-refractivity contribution >= 4 is 40.4 Å². The number of aromatic nitrogens is 2. The molecule has 3 aliphatic heterocycles. The summed E-state index contributed by atoms with van der Waals surface area (Å²) in [4.78, 5) is 49.7. The summed E-state index contributed by atoms with van der Waals surface area (Å²) in [5.74, 6) is -0.786. The Morgan fingerprint density at radius 2 is 1.60 bits per heavy atom. The van der Waals surface area contributed by atoms with Gasteiger partial charge in [0.05, 0.1) is 22.5 Å². The molecule has 1 saturated carbocycles. The number of carbonyl (C=O) groups is 3. The highest BCUT2D eigenvalue weighted by Crippen LogP contribution is 2.38. The number of alkyl halides is 3. The van der Waals surface area contributed by atoms with Gasteiger partial charge in [-0.1, -0.05) is 30.3 Å². The summed E-state index contributed by atoms with van der Waals surface area (Å²) in [5, 5.41) is 15.0. The van der Waals surface area contributed by atoms with Crippen molar-refractivity contribution in [3.8, 4) is 0 Å². The van der Waals surface area contributed by atoms with Crippen LogP contribution in [0.15, 0.2) is 66.7 Å². The molecule has 0 bridgehead atoms. The van der Waals surface area contributed by atoms with Crippen LogP contribution in [0.4, 0.5) is 24.8 Å². The third kappa shape index (κ3) is 8.73. The minimum Gasteiger partial charge on any atom is -0.396 e. The summed E-state index contributed by atoms with van der Waals surface area (Å²) in [6.07, 6.45) is 1.80. The number of piperazine rings is 1. The number of halogens is 3. The Kier molecular flexibility index (Phi) is 11.4. The summed E-state index contributed by atoms with van der Waals surface area (Å²) in [6.45, 7) is 6.59. The van der Waals surface area contributed by atoms with Crippen LogP contribution in [0.5, 0.6) is 0 Å². The lowest BCUT2D eigenvalue weighted by atomic mass is 9.86. The number of benzene rings is 3. The van der Waals surface area contributed by atoms with Crippen LogP contribution in [0.1, 0.15) is 90.4 Å². The first-order valence-electron chi connectivity index (χ1n) is 20.3. The minimum absolute atomic E-state index is 0.0263. The summed E-state index contributed by atoms with van der Waals surface area (Å²) in [6, 6.07) is 19.4. The highest BCUT2D eigenvalue weighted by molar-refractivity contribution is 6.04. The topological polar surface area (TPSA) is 123 Å². The van der Waals surface area contributed by atoms with Gasteiger partial charge in [0.2, 0.25) is 17.8 Å². The number of nitrogens with zero attached hydrogens (tertiary/aromatic N) is 5. The fourth-order valence-corrected chi connectivity index (χ4v) is 9.30. The molecule has 0 spiro atoms. The molecular formula is C43H50F3N7O4. The number of anilines is 2. The number of hydrogen-bond acceptors (Lipinski definition) is 8. The SMILES string of the molecule is O=C1CCC(c2cccc(CN3CCC(N4CCN(c5ccc6c(c5)nc(NC(=O)c5cccc(C(F)(F)F)c5)n6C5CCC(CO)CC5)CC4)CC3)c2)C(=O)N1. The molecule has 1 aliphatic carbocycles. The van der Waals surface area contributed by atoms with Crippen LogP contribution >= 0.6 is 0 Å². The molecule has 57 heavy (non-hydrogen) atoms. The minimum atomic E-state index is -4.56. The van der Waals surface area contributed by atoms with Crippen molar-refractivity contribution < 1.29 is 32.7 Å². The highest BCUT2D eigenvalue weighted by atomic mass is 19.4. The molecule has 11 nitrogen and oxygen atoms in total. The second kappa shape index (κ2) is 16.6. The molecule has 1 aromatic heterocycles. The van der Waals surface area contributed by atoms with Crippen molar-refractivity contribution in [2.75, 3.05) is 56.1 Å². The largest absolute Gasteiger partial charge is 0.416 e. The van der Waals surface area contributed by atoms with Crippen molar-refractivity contribution in [1.29, 1.82) is 0 Å². The van der Waals surface area contributed by atoms with E-state index < -0.39 is 17.6 Å². The molecule has 3 saturated heterocycles. The van der Waals surface area contributed by atoms with E-state index in [9.17, 15) is 32.7 Å². The van der Waals surface area contributed by atoms with Gasteiger partial charge in [0.25, 0.3) is 5.91 Å². The number of imidazole rings is 1. The van der Waals surface area contributed by atoms with Crippen LogP contribution in [0.3, 0.4) is 0 Å². The maximum Gasteiger partial charge on any atom is 0.416 e. The Hall–Kier alpha value is -4.79. The Labute approximate surface area is 330 Å². The molecule has 4 heterocycles. The van der Waals surface area contributed by atoms with Gasteiger partial charge in [0.1, 0.15) is 0 Å². The number of hydrogen-bond donors (Lipinski definition) is 3. The molecule has 3 N–H and O–H groups in total. The van der Waals surface area contributed by atoms with Crippen LogP contribution < -0.4 is 15.5 Å². The van der Waals surface area contributed by atoms with Gasteiger partial charge >= 0.3 is 6.18 Å². The van der Waals surface area contributed by atoms with Crippen molar-refractivity contribution in [3.63, 3.8) is 0 Å². The first-order valence-corrected chi connectivity index (χ1v) is 20.3. The highest BCUT2D eigenvalue weighted by Gasteiger charge is 2.33. The number of rotatable bonds is 9. The van der Waals surface area contributed by atoms with Gasteiger partial charge in [0, 0.05) is 69.1 Å². The van der Waals surface area contributed by atoms with Gasteiger partial charge in [-0.15, -0.1) is 0 Å². The zero-order valence-corrected chi connectivity index (χ0v) is 32.0. The number of amides is 3. The first-order chi connectivity index (χ1) is 27.5. The smallest absolute Gasteiger partial charge is 0.396 e. The molecule has 1 atom stereocenters. The molecule has 3 aromatic carbocycles. The second-order valence-electron chi connectivity index (χ2n) is 16.1. The number of piperidine rings is 2. The van der Waals surface area contributed by atoms with E-state index in [1.165, 1.54) is 17.7 Å². The number of likely N-dealkylation sites (tertiary alicyclic amines) is 1. The van der Waals surface area contributed by atoms with E-state index in [-0.39, 0.29) is 41.9 Å². The number of aliphatic hydroxyl groups is 1. The van der Waals surface area contributed by atoms with Gasteiger partial charge in [-0.25, -0.2) is 4.98 Å². The maximum absolute atomic E-state index is 13.4. The van der Waals surface area contributed by atoms with E-state index in [1.807, 2.05) is 22.8 Å². The standard InChI is InChI=1S/C43H50F3N7O4/c44-43(45,46)32-6-2-5-31(24-32)40(56)49-42-47-37-25-35(11-13-38(37)53(42)34-9-7-28(27-54)8-10-34)52-21-19-51(20-22-52)33-15-17-50(18-16-33)26-29-3-1-4-30(23-29)36-12-14-39(55)48-41(36)57/h1-6,11,13,23-25,28,33-34,36,54H,7-10,12,14-22,26-27H2,(H,47,49,56)(H,48,55,57). The zero-order chi connectivity index (χ0) is 39.7. The molecule has 14 heteroatoms. The van der Waals surface area contributed by atoms with E-state index in [2.05, 4.69) is 49.6 Å². The second-order valence-corrected chi connectivity index (χ2v) is 16.1. The summed E-state index contributed by atoms with van der Waals surface area (Å²) < 4.78 is 42.3. The van der Waals surface area contributed by atoms with E-state index >= 15 is 0 Å². The molecule has 8 rings (SSSR count). The van der Waals surface area contributed by atoms with Crippen molar-refractivity contribution in [3.05, 3.63) is 89.0 Å². The van der Waals surface area contributed by atoms with Crippen LogP contribution in [0.2, 0.25) is 0 Å². The number of nitrogens with one attached hydrogen (secondary N) is 2. The molecule has 302 valence electrons. The fraction of sp³-hybridized carbons (Fsp3) is 0.488. The third-order valence-electron chi connectivity index (χ3n) is 12.5. The first kappa shape index (κ1) is 39.1.